The molecule has 0 spiro atoms. The molecule has 10 nitrogen and oxygen atoms in total. The number of nitrogens with zero attached hydrogens (tertiary/aromatic N) is 4. The van der Waals surface area contributed by atoms with Crippen molar-refractivity contribution in [1.82, 2.24) is 18.7 Å². The predicted octanol–water partition coefficient (Wildman–Crippen LogP) is 1.74. The van der Waals surface area contributed by atoms with Gasteiger partial charge in [0.05, 0.1) is 37.2 Å². The molecule has 0 aliphatic carbocycles. The Morgan fingerprint density at radius 1 is 1.16 bits per heavy atom. The van der Waals surface area contributed by atoms with Crippen LogP contribution in [0.25, 0.3) is 11.2 Å². The summed E-state index contributed by atoms with van der Waals surface area (Å²) in [7, 11) is 4.39. The first-order chi connectivity index (χ1) is 14.8. The molecule has 0 saturated carbocycles. The zero-order chi connectivity index (χ0) is 22.7. The number of aromatic nitrogens is 4. The third-order valence-electron chi connectivity index (χ3n) is 4.70. The van der Waals surface area contributed by atoms with Crippen LogP contribution < -0.4 is 20.7 Å². The molecule has 0 N–H and O–H groups in total. The number of hydrogen-bond donors (Lipinski definition) is 0. The molecule has 2 aromatic heterocycles. The van der Waals surface area contributed by atoms with E-state index in [1.165, 1.54) is 44.2 Å². The number of esters is 1. The fourth-order valence-electron chi connectivity index (χ4n) is 3.07. The Balaban J connectivity index is 1.76. The quantitative estimate of drug-likeness (QED) is 0.481. The summed E-state index contributed by atoms with van der Waals surface area (Å²) in [6.07, 6.45) is 2.22. The van der Waals surface area contributed by atoms with Crippen molar-refractivity contribution in [3.8, 4) is 11.5 Å². The zero-order valence-corrected chi connectivity index (χ0v) is 18.4. The number of fused-ring (bicyclic) bond motifs is 1. The van der Waals surface area contributed by atoms with Gasteiger partial charge in [-0.2, -0.15) is 0 Å². The predicted molar refractivity (Wildman–Crippen MR) is 114 cm³/mol. The third-order valence-corrected chi connectivity index (χ3v) is 4.98. The van der Waals surface area contributed by atoms with Gasteiger partial charge in [0.1, 0.15) is 6.61 Å². The SMILES string of the molecule is CCCOc1c(Cl)cc(C(=O)OCCn2cnc3c2c(=O)n(C)c(=O)n3C)cc1OC. The minimum atomic E-state index is -0.605. The maximum atomic E-state index is 12.5. The second kappa shape index (κ2) is 9.25. The Labute approximate surface area is 182 Å². The van der Waals surface area contributed by atoms with Crippen molar-refractivity contribution < 1.29 is 19.0 Å². The largest absolute Gasteiger partial charge is 0.493 e. The van der Waals surface area contributed by atoms with Crippen molar-refractivity contribution in [1.29, 1.82) is 0 Å². The number of aryl methyl sites for hydroxylation is 1. The lowest BCUT2D eigenvalue weighted by atomic mass is 10.2. The molecule has 0 bridgehead atoms. The fourth-order valence-corrected chi connectivity index (χ4v) is 3.33. The molecule has 31 heavy (non-hydrogen) atoms. The summed E-state index contributed by atoms with van der Waals surface area (Å²) in [6, 6.07) is 2.95. The van der Waals surface area contributed by atoms with Crippen LogP contribution in [0.5, 0.6) is 11.5 Å². The number of ether oxygens (including phenoxy) is 3. The summed E-state index contributed by atoms with van der Waals surface area (Å²) in [4.78, 5) is 41.1. The molecule has 3 aromatic rings. The smallest absolute Gasteiger partial charge is 0.338 e. The van der Waals surface area contributed by atoms with Crippen LogP contribution in [0.15, 0.2) is 28.0 Å². The highest BCUT2D eigenvalue weighted by atomic mass is 35.5. The van der Waals surface area contributed by atoms with Crippen molar-refractivity contribution in [3.63, 3.8) is 0 Å². The minimum absolute atomic E-state index is 0.0235. The van der Waals surface area contributed by atoms with Crippen molar-refractivity contribution in [3.05, 3.63) is 49.9 Å². The van der Waals surface area contributed by atoms with Gasteiger partial charge in [-0.15, -0.1) is 0 Å². The van der Waals surface area contributed by atoms with Crippen LogP contribution in [0.4, 0.5) is 0 Å². The van der Waals surface area contributed by atoms with Crippen molar-refractivity contribution in [2.45, 2.75) is 19.9 Å². The monoisotopic (exact) mass is 450 g/mol. The van der Waals surface area contributed by atoms with E-state index in [2.05, 4.69) is 4.98 Å². The number of hydrogen-bond acceptors (Lipinski definition) is 7. The van der Waals surface area contributed by atoms with Crippen LogP contribution in [0, 0.1) is 0 Å². The number of rotatable bonds is 8. The Morgan fingerprint density at radius 3 is 2.58 bits per heavy atom. The highest BCUT2D eigenvalue weighted by Gasteiger charge is 2.18. The fraction of sp³-hybridized carbons (Fsp3) is 0.400. The van der Waals surface area contributed by atoms with Crippen LogP contribution >= 0.6 is 11.6 Å². The van der Waals surface area contributed by atoms with Crippen molar-refractivity contribution >= 4 is 28.7 Å². The molecule has 0 unspecified atom stereocenters. The number of imidazole rings is 1. The van der Waals surface area contributed by atoms with E-state index >= 15 is 0 Å². The van der Waals surface area contributed by atoms with E-state index in [0.717, 1.165) is 11.0 Å². The summed E-state index contributed by atoms with van der Waals surface area (Å²) < 4.78 is 20.0. The minimum Gasteiger partial charge on any atom is -0.493 e. The lowest BCUT2D eigenvalue weighted by molar-refractivity contribution is 0.0492. The number of carbonyl (C=O) groups is 1. The molecule has 0 saturated heterocycles. The summed E-state index contributed by atoms with van der Waals surface area (Å²) >= 11 is 6.24. The Morgan fingerprint density at radius 2 is 1.90 bits per heavy atom. The first kappa shape index (κ1) is 22.4. The Hall–Kier alpha value is -3.27. The van der Waals surface area contributed by atoms with E-state index in [1.807, 2.05) is 6.92 Å². The number of carbonyl (C=O) groups excluding carboxylic acids is 1. The topological polar surface area (TPSA) is 107 Å². The standard InChI is InChI=1S/C20H23ClN4O6/c1-5-7-30-16-13(21)9-12(10-14(16)29-4)19(27)31-8-6-25-11-22-17-15(25)18(26)24(3)20(28)23(17)2/h9-11H,5-8H2,1-4H3. The summed E-state index contributed by atoms with van der Waals surface area (Å²) in [6.45, 7) is 2.58. The van der Waals surface area contributed by atoms with Gasteiger partial charge in [-0.25, -0.2) is 14.6 Å². The first-order valence-electron chi connectivity index (χ1n) is 9.58. The number of methoxy groups -OCH3 is 1. The van der Waals surface area contributed by atoms with Crippen LogP contribution in [-0.4, -0.2) is 45.0 Å². The Kier molecular flexibility index (Phi) is 6.69. The highest BCUT2D eigenvalue weighted by molar-refractivity contribution is 6.32. The van der Waals surface area contributed by atoms with E-state index in [1.54, 1.807) is 4.57 Å². The third kappa shape index (κ3) is 4.29. The van der Waals surface area contributed by atoms with Crippen LogP contribution in [0.3, 0.4) is 0 Å². The van der Waals surface area contributed by atoms with Gasteiger partial charge in [-0.1, -0.05) is 18.5 Å². The maximum absolute atomic E-state index is 12.5. The van der Waals surface area contributed by atoms with Gasteiger partial charge in [0.15, 0.2) is 22.7 Å². The lowest BCUT2D eigenvalue weighted by Gasteiger charge is -2.13. The van der Waals surface area contributed by atoms with Crippen molar-refractivity contribution in [2.75, 3.05) is 20.3 Å². The van der Waals surface area contributed by atoms with Gasteiger partial charge >= 0.3 is 11.7 Å². The number of benzene rings is 1. The van der Waals surface area contributed by atoms with Gasteiger partial charge in [0, 0.05) is 14.1 Å². The van der Waals surface area contributed by atoms with Gasteiger partial charge in [-0.3, -0.25) is 13.9 Å². The molecule has 0 aliphatic rings. The highest BCUT2D eigenvalue weighted by Crippen LogP contribution is 2.36. The normalized spacial score (nSPS) is 11.0. The van der Waals surface area contributed by atoms with Gasteiger partial charge in [-0.05, 0) is 18.6 Å². The molecule has 0 radical (unpaired) electrons. The van der Waals surface area contributed by atoms with Gasteiger partial charge in [0.2, 0.25) is 0 Å². The van der Waals surface area contributed by atoms with E-state index in [4.69, 9.17) is 25.8 Å². The average Bonchev–Trinajstić information content (AvgIpc) is 3.18. The summed E-state index contributed by atoms with van der Waals surface area (Å²) in [5.41, 5.74) is -0.214. The summed E-state index contributed by atoms with van der Waals surface area (Å²) in [5.74, 6) is 0.0961. The van der Waals surface area contributed by atoms with Gasteiger partial charge in [0.25, 0.3) is 5.56 Å². The molecule has 0 amide bonds. The van der Waals surface area contributed by atoms with E-state index < -0.39 is 17.2 Å². The average molecular weight is 451 g/mol. The van der Waals surface area contributed by atoms with Crippen LogP contribution in [0.1, 0.15) is 23.7 Å². The first-order valence-corrected chi connectivity index (χ1v) is 9.96. The molecule has 11 heteroatoms. The molecular formula is C20H23ClN4O6. The molecule has 166 valence electrons. The molecule has 1 aromatic carbocycles. The maximum Gasteiger partial charge on any atom is 0.338 e. The van der Waals surface area contributed by atoms with Gasteiger partial charge < -0.3 is 18.8 Å². The molecule has 0 atom stereocenters. The molecule has 3 rings (SSSR count). The van der Waals surface area contributed by atoms with Crippen molar-refractivity contribution in [2.24, 2.45) is 14.1 Å². The molecular weight excluding hydrogens is 428 g/mol. The second-order valence-corrected chi connectivity index (χ2v) is 7.20. The zero-order valence-electron chi connectivity index (χ0n) is 17.7. The Bertz CT molecular complexity index is 1240. The lowest BCUT2D eigenvalue weighted by Crippen LogP contribution is -2.37. The van der Waals surface area contributed by atoms with Crippen LogP contribution in [-0.2, 0) is 25.4 Å². The van der Waals surface area contributed by atoms with E-state index in [9.17, 15) is 14.4 Å². The molecule has 0 aliphatic heterocycles. The van der Waals surface area contributed by atoms with E-state index in [0.29, 0.717) is 18.1 Å². The summed E-state index contributed by atoms with van der Waals surface area (Å²) in [5, 5.41) is 0.241. The molecule has 2 heterocycles. The molecule has 0 fully saturated rings. The number of halogens is 1. The van der Waals surface area contributed by atoms with Crippen LogP contribution in [0.2, 0.25) is 5.02 Å². The van der Waals surface area contributed by atoms with E-state index in [-0.39, 0.29) is 34.9 Å². The second-order valence-electron chi connectivity index (χ2n) is 6.79.